The molecule has 0 bridgehead atoms. The third kappa shape index (κ3) is 5.06. The van der Waals surface area contributed by atoms with E-state index >= 15 is 0 Å². The normalized spacial score (nSPS) is 14.5. The summed E-state index contributed by atoms with van der Waals surface area (Å²) in [5.41, 5.74) is -9.43. The van der Waals surface area contributed by atoms with Gasteiger partial charge in [0.25, 0.3) is 5.91 Å². The van der Waals surface area contributed by atoms with E-state index in [0.29, 0.717) is 12.1 Å². The van der Waals surface area contributed by atoms with Gasteiger partial charge >= 0.3 is 18.0 Å². The second kappa shape index (κ2) is 8.87. The molecule has 0 aliphatic rings. The zero-order valence-electron chi connectivity index (χ0n) is 18.9. The molecule has 13 heteroatoms. The molecule has 1 atom stereocenters. The molecule has 6 nitrogen and oxygen atoms in total. The summed E-state index contributed by atoms with van der Waals surface area (Å²) in [6.07, 6.45) is -12.2. The Balaban J connectivity index is 2.03. The van der Waals surface area contributed by atoms with Gasteiger partial charge in [-0.15, -0.1) is 0 Å². The Bertz CT molecular complexity index is 1380. The number of halogens is 7. The fourth-order valence-electron chi connectivity index (χ4n) is 3.93. The van der Waals surface area contributed by atoms with Crippen LogP contribution in [0.15, 0.2) is 45.7 Å². The smallest absolute Gasteiger partial charge is 0.373 e. The summed E-state index contributed by atoms with van der Waals surface area (Å²) in [7, 11) is 0. The number of amides is 1. The van der Waals surface area contributed by atoms with Gasteiger partial charge in [0.15, 0.2) is 0 Å². The van der Waals surface area contributed by atoms with Crippen molar-refractivity contribution in [1.82, 2.24) is 5.16 Å². The molecule has 1 aromatic heterocycles. The molecule has 2 N–H and O–H groups in total. The molecule has 0 aliphatic heterocycles. The highest BCUT2D eigenvalue weighted by molar-refractivity contribution is 5.99. The number of hydrogen-bond acceptors (Lipinski definition) is 5. The predicted octanol–water partition coefficient (Wildman–Crippen LogP) is 5.25. The van der Waals surface area contributed by atoms with Crippen LogP contribution in [0.25, 0.3) is 10.8 Å². The number of anilines is 1. The fourth-order valence-corrected chi connectivity index (χ4v) is 3.93. The number of benzene rings is 2. The Kier molecular flexibility index (Phi) is 6.68. The molecule has 194 valence electrons. The van der Waals surface area contributed by atoms with Crippen LogP contribution >= 0.6 is 0 Å². The van der Waals surface area contributed by atoms with Crippen LogP contribution in [0.2, 0.25) is 0 Å². The summed E-state index contributed by atoms with van der Waals surface area (Å²) in [6, 6.07) is 4.82. The number of nitrogens with one attached hydrogen (secondary N) is 1. The van der Waals surface area contributed by atoms with E-state index in [-0.39, 0.29) is 28.2 Å². The molecule has 0 spiro atoms. The summed E-state index contributed by atoms with van der Waals surface area (Å²) < 4.78 is 101. The quantitative estimate of drug-likeness (QED) is 0.448. The van der Waals surface area contributed by atoms with Gasteiger partial charge in [0.05, 0.1) is 16.6 Å². The topological polar surface area (TPSA) is 92.4 Å². The largest absolute Gasteiger partial charge is 0.426 e. The number of alkyl halides is 6. The van der Waals surface area contributed by atoms with Crippen LogP contribution in [0.4, 0.5) is 36.4 Å². The predicted molar refractivity (Wildman–Crippen MR) is 114 cm³/mol. The zero-order valence-corrected chi connectivity index (χ0v) is 18.9. The van der Waals surface area contributed by atoms with E-state index in [0.717, 1.165) is 32.0 Å². The van der Waals surface area contributed by atoms with Crippen molar-refractivity contribution in [3.63, 3.8) is 0 Å². The van der Waals surface area contributed by atoms with Crippen LogP contribution < -0.4 is 10.9 Å². The maximum atomic E-state index is 14.0. The highest BCUT2D eigenvalue weighted by atomic mass is 19.4. The van der Waals surface area contributed by atoms with Crippen molar-refractivity contribution in [3.05, 3.63) is 69.5 Å². The standard InChI is InChI=1S/C23H19F7N2O4/c1-11-15-9-13(5-6-14(15)18(33)36-32-11)31-19(34)21(35,23(28,29)30)10-20(2,3)16-7-4-12(24)8-17(16)22(25,26)27/h4-9,35H,10H2,1-3H3,(H,31,34). The molecule has 3 rings (SSSR count). The lowest BCUT2D eigenvalue weighted by molar-refractivity contribution is -0.254. The van der Waals surface area contributed by atoms with Crippen LogP contribution in [-0.2, 0) is 16.4 Å². The van der Waals surface area contributed by atoms with Crippen molar-refractivity contribution in [2.24, 2.45) is 0 Å². The number of hydrogen-bond donors (Lipinski definition) is 2. The van der Waals surface area contributed by atoms with Crippen molar-refractivity contribution in [1.29, 1.82) is 0 Å². The Morgan fingerprint density at radius 1 is 1.00 bits per heavy atom. The van der Waals surface area contributed by atoms with E-state index in [1.807, 2.05) is 5.32 Å². The first-order valence-corrected chi connectivity index (χ1v) is 10.2. The number of carbonyl (C=O) groups is 1. The minimum Gasteiger partial charge on any atom is -0.373 e. The van der Waals surface area contributed by atoms with Gasteiger partial charge < -0.3 is 14.9 Å². The number of aliphatic hydroxyl groups is 1. The molecule has 0 fully saturated rings. The van der Waals surface area contributed by atoms with Gasteiger partial charge in [0, 0.05) is 17.5 Å². The van der Waals surface area contributed by atoms with Crippen molar-refractivity contribution in [3.8, 4) is 0 Å². The van der Waals surface area contributed by atoms with Gasteiger partial charge in [-0.05, 0) is 48.2 Å². The Morgan fingerprint density at radius 2 is 1.64 bits per heavy atom. The van der Waals surface area contributed by atoms with E-state index in [9.17, 15) is 45.4 Å². The lowest BCUT2D eigenvalue weighted by atomic mass is 9.73. The molecular formula is C23H19F7N2O4. The van der Waals surface area contributed by atoms with Crippen LogP contribution in [0, 0.1) is 12.7 Å². The summed E-state index contributed by atoms with van der Waals surface area (Å²) in [5, 5.41) is 16.1. The highest BCUT2D eigenvalue weighted by Crippen LogP contribution is 2.45. The van der Waals surface area contributed by atoms with Crippen molar-refractivity contribution in [2.75, 3.05) is 5.32 Å². The van der Waals surface area contributed by atoms with E-state index < -0.39 is 58.3 Å². The molecule has 1 amide bonds. The molecule has 0 radical (unpaired) electrons. The van der Waals surface area contributed by atoms with E-state index in [4.69, 9.17) is 0 Å². The molecule has 0 saturated carbocycles. The van der Waals surface area contributed by atoms with Crippen molar-refractivity contribution < 1.29 is 45.2 Å². The maximum absolute atomic E-state index is 14.0. The lowest BCUT2D eigenvalue weighted by Crippen LogP contribution is -2.57. The molecule has 3 aromatic rings. The minimum absolute atomic E-state index is 0.0312. The summed E-state index contributed by atoms with van der Waals surface area (Å²) in [5.74, 6) is -3.23. The number of fused-ring (bicyclic) bond motifs is 1. The van der Waals surface area contributed by atoms with E-state index in [2.05, 4.69) is 9.68 Å². The molecular weight excluding hydrogens is 501 g/mol. The van der Waals surface area contributed by atoms with Crippen LogP contribution in [0.5, 0.6) is 0 Å². The summed E-state index contributed by atoms with van der Waals surface area (Å²) >= 11 is 0. The SMILES string of the molecule is Cc1noc(=O)c2ccc(NC(=O)C(O)(CC(C)(C)c3ccc(F)cc3C(F)(F)F)C(F)(F)F)cc12. The Hall–Kier alpha value is -3.48. The molecule has 0 saturated heterocycles. The number of aryl methyl sites for hydroxylation is 1. The molecule has 0 aliphatic carbocycles. The van der Waals surface area contributed by atoms with Gasteiger partial charge in [-0.1, -0.05) is 25.1 Å². The highest BCUT2D eigenvalue weighted by Gasteiger charge is 2.61. The van der Waals surface area contributed by atoms with Crippen molar-refractivity contribution in [2.45, 2.75) is 50.6 Å². The monoisotopic (exact) mass is 520 g/mol. The average Bonchev–Trinajstić information content (AvgIpc) is 2.74. The van der Waals surface area contributed by atoms with Gasteiger partial charge in [-0.2, -0.15) is 26.3 Å². The number of carbonyl (C=O) groups excluding carboxylic acids is 1. The van der Waals surface area contributed by atoms with Crippen LogP contribution in [0.3, 0.4) is 0 Å². The van der Waals surface area contributed by atoms with Gasteiger partial charge in [-0.25, -0.2) is 9.18 Å². The molecule has 1 unspecified atom stereocenters. The first-order valence-electron chi connectivity index (χ1n) is 10.2. The van der Waals surface area contributed by atoms with E-state index in [1.54, 1.807) is 0 Å². The first-order chi connectivity index (χ1) is 16.4. The molecule has 36 heavy (non-hydrogen) atoms. The lowest BCUT2D eigenvalue weighted by Gasteiger charge is -2.37. The minimum atomic E-state index is -5.61. The van der Waals surface area contributed by atoms with Gasteiger partial charge in [0.1, 0.15) is 5.82 Å². The van der Waals surface area contributed by atoms with Crippen LogP contribution in [0.1, 0.15) is 37.1 Å². The third-order valence-electron chi connectivity index (χ3n) is 5.71. The number of aromatic nitrogens is 1. The second-order valence-corrected chi connectivity index (χ2v) is 8.88. The van der Waals surface area contributed by atoms with Crippen LogP contribution in [-0.4, -0.2) is 27.9 Å². The molecule has 1 heterocycles. The van der Waals surface area contributed by atoms with Crippen molar-refractivity contribution >= 4 is 22.4 Å². The Morgan fingerprint density at radius 3 is 2.22 bits per heavy atom. The average molecular weight is 520 g/mol. The first kappa shape index (κ1) is 27.1. The maximum Gasteiger partial charge on any atom is 0.426 e. The molecule has 2 aromatic carbocycles. The fraction of sp³-hybridized carbons (Fsp3) is 0.348. The van der Waals surface area contributed by atoms with E-state index in [1.165, 1.54) is 6.92 Å². The van der Waals surface area contributed by atoms with Gasteiger partial charge in [-0.3, -0.25) is 4.79 Å². The summed E-state index contributed by atoms with van der Waals surface area (Å²) in [4.78, 5) is 24.5. The Labute approximate surface area is 198 Å². The number of rotatable bonds is 5. The second-order valence-electron chi connectivity index (χ2n) is 8.88. The third-order valence-corrected chi connectivity index (χ3v) is 5.71. The zero-order chi connectivity index (χ0) is 27.3. The van der Waals surface area contributed by atoms with Gasteiger partial charge in [0.2, 0.25) is 5.60 Å². The number of nitrogens with zero attached hydrogens (tertiary/aromatic N) is 1. The summed E-state index contributed by atoms with van der Waals surface area (Å²) in [6.45, 7) is 3.36.